The highest BCUT2D eigenvalue weighted by molar-refractivity contribution is 9.10. The minimum Gasteiger partial charge on any atom is -0.327 e. The summed E-state index contributed by atoms with van der Waals surface area (Å²) >= 11 is 5.53. The van der Waals surface area contributed by atoms with Gasteiger partial charge in [0.15, 0.2) is 0 Å². The van der Waals surface area contributed by atoms with E-state index in [0.29, 0.717) is 0 Å². The second kappa shape index (κ2) is 7.87. The first-order valence-electron chi connectivity index (χ1n) is 6.89. The zero-order valence-corrected chi connectivity index (χ0v) is 14.1. The van der Waals surface area contributed by atoms with Crippen molar-refractivity contribution in [2.45, 2.75) is 36.5 Å². The topological polar surface area (TPSA) is 26.0 Å². The average molecular weight is 350 g/mol. The Hall–Kier alpha value is -0.770. The maximum Gasteiger partial charge on any atom is 0.0314 e. The molecule has 106 valence electrons. The smallest absolute Gasteiger partial charge is 0.0314 e. The lowest BCUT2D eigenvalue weighted by atomic mass is 10.1. The summed E-state index contributed by atoms with van der Waals surface area (Å²) in [5.41, 5.74) is 8.66. The van der Waals surface area contributed by atoms with Crippen molar-refractivity contribution in [2.75, 3.05) is 0 Å². The maximum absolute atomic E-state index is 6.01. The average Bonchev–Trinajstić information content (AvgIpc) is 2.47. The van der Waals surface area contributed by atoms with Crippen LogP contribution in [0.4, 0.5) is 0 Å². The summed E-state index contributed by atoms with van der Waals surface area (Å²) in [5.74, 6) is 0.993. The number of halogens is 1. The zero-order chi connectivity index (χ0) is 14.4. The van der Waals surface area contributed by atoms with Gasteiger partial charge in [-0.25, -0.2) is 0 Å². The number of benzene rings is 2. The van der Waals surface area contributed by atoms with E-state index in [2.05, 4.69) is 71.4 Å². The Morgan fingerprint density at radius 2 is 1.85 bits per heavy atom. The Balaban J connectivity index is 1.99. The first-order valence-corrected chi connectivity index (χ1v) is 8.67. The molecule has 1 atom stereocenters. The summed E-state index contributed by atoms with van der Waals surface area (Å²) in [7, 11) is 0. The highest BCUT2D eigenvalue weighted by Crippen LogP contribution is 2.31. The molecule has 0 aliphatic heterocycles. The number of hydrogen-bond acceptors (Lipinski definition) is 2. The first-order chi connectivity index (χ1) is 9.69. The Morgan fingerprint density at radius 1 is 1.10 bits per heavy atom. The number of rotatable bonds is 6. The Morgan fingerprint density at radius 3 is 2.50 bits per heavy atom. The van der Waals surface area contributed by atoms with Crippen LogP contribution in [0.25, 0.3) is 0 Å². The van der Waals surface area contributed by atoms with Gasteiger partial charge in [0, 0.05) is 21.2 Å². The third kappa shape index (κ3) is 4.65. The van der Waals surface area contributed by atoms with Crippen LogP contribution in [0.5, 0.6) is 0 Å². The molecule has 2 N–H and O–H groups in total. The van der Waals surface area contributed by atoms with Crippen LogP contribution in [0.3, 0.4) is 0 Å². The standard InChI is InChI=1S/C17H20BrNS/c1-2-15(19)10-14-8-9-17(16(18)11-14)20-12-13-6-4-3-5-7-13/h3-9,11,15H,2,10,12,19H2,1H3. The molecule has 2 rings (SSSR count). The normalized spacial score (nSPS) is 12.3. The largest absolute Gasteiger partial charge is 0.327 e. The SMILES string of the molecule is CCC(N)Cc1ccc(SCc2ccccc2)c(Br)c1. The van der Waals surface area contributed by atoms with Crippen LogP contribution in [0, 0.1) is 0 Å². The van der Waals surface area contributed by atoms with Crippen molar-refractivity contribution >= 4 is 27.7 Å². The van der Waals surface area contributed by atoms with Gasteiger partial charge in [-0.15, -0.1) is 11.8 Å². The molecule has 0 aliphatic rings. The molecule has 2 aromatic rings. The van der Waals surface area contributed by atoms with Crippen LogP contribution >= 0.6 is 27.7 Å². The highest BCUT2D eigenvalue weighted by Gasteiger charge is 2.06. The summed E-state index contributed by atoms with van der Waals surface area (Å²) in [6.45, 7) is 2.13. The van der Waals surface area contributed by atoms with E-state index < -0.39 is 0 Å². The van der Waals surface area contributed by atoms with Crippen LogP contribution in [-0.4, -0.2) is 6.04 Å². The van der Waals surface area contributed by atoms with Crippen molar-refractivity contribution in [3.05, 3.63) is 64.1 Å². The van der Waals surface area contributed by atoms with Crippen LogP contribution in [0.1, 0.15) is 24.5 Å². The molecular weight excluding hydrogens is 330 g/mol. The van der Waals surface area contributed by atoms with Crippen molar-refractivity contribution in [1.29, 1.82) is 0 Å². The molecule has 2 aromatic carbocycles. The quantitative estimate of drug-likeness (QED) is 0.740. The van der Waals surface area contributed by atoms with Gasteiger partial charge in [-0.05, 0) is 52.0 Å². The molecule has 0 aliphatic carbocycles. The van der Waals surface area contributed by atoms with Gasteiger partial charge in [0.05, 0.1) is 0 Å². The number of hydrogen-bond donors (Lipinski definition) is 1. The molecule has 0 radical (unpaired) electrons. The molecular formula is C17H20BrNS. The highest BCUT2D eigenvalue weighted by atomic mass is 79.9. The van der Waals surface area contributed by atoms with E-state index in [-0.39, 0.29) is 6.04 Å². The summed E-state index contributed by atoms with van der Waals surface area (Å²) in [6.07, 6.45) is 1.96. The fourth-order valence-corrected chi connectivity index (χ4v) is 3.62. The lowest BCUT2D eigenvalue weighted by molar-refractivity contribution is 0.646. The molecule has 0 heterocycles. The van der Waals surface area contributed by atoms with Gasteiger partial charge in [0.25, 0.3) is 0 Å². The zero-order valence-electron chi connectivity index (χ0n) is 11.7. The fourth-order valence-electron chi connectivity index (χ4n) is 1.97. The van der Waals surface area contributed by atoms with Crippen molar-refractivity contribution in [2.24, 2.45) is 5.73 Å². The first kappa shape index (κ1) is 15.6. The van der Waals surface area contributed by atoms with Crippen molar-refractivity contribution < 1.29 is 0 Å². The Labute approximate surface area is 134 Å². The molecule has 1 nitrogen and oxygen atoms in total. The van der Waals surface area contributed by atoms with Gasteiger partial charge in [-0.1, -0.05) is 43.3 Å². The van der Waals surface area contributed by atoms with Crippen LogP contribution in [0.2, 0.25) is 0 Å². The van der Waals surface area contributed by atoms with Crippen LogP contribution in [0.15, 0.2) is 57.9 Å². The Bertz CT molecular complexity index is 542. The van der Waals surface area contributed by atoms with E-state index in [0.717, 1.165) is 18.6 Å². The predicted molar refractivity (Wildman–Crippen MR) is 92.1 cm³/mol. The molecule has 3 heteroatoms. The third-order valence-corrected chi connectivity index (χ3v) is 5.32. The van der Waals surface area contributed by atoms with E-state index in [9.17, 15) is 0 Å². The predicted octanol–water partition coefficient (Wildman–Crippen LogP) is 5.02. The molecule has 0 fully saturated rings. The molecule has 0 saturated carbocycles. The van der Waals surface area contributed by atoms with E-state index in [1.165, 1.54) is 20.5 Å². The summed E-state index contributed by atoms with van der Waals surface area (Å²) in [4.78, 5) is 1.28. The third-order valence-electron chi connectivity index (χ3n) is 3.26. The van der Waals surface area contributed by atoms with Crippen LogP contribution in [-0.2, 0) is 12.2 Å². The maximum atomic E-state index is 6.01. The number of nitrogens with two attached hydrogens (primary N) is 1. The lowest BCUT2D eigenvalue weighted by Gasteiger charge is -2.11. The van der Waals surface area contributed by atoms with Crippen molar-refractivity contribution in [3.63, 3.8) is 0 Å². The second-order valence-electron chi connectivity index (χ2n) is 4.91. The molecule has 0 spiro atoms. The van der Waals surface area contributed by atoms with E-state index >= 15 is 0 Å². The second-order valence-corrected chi connectivity index (χ2v) is 6.78. The summed E-state index contributed by atoms with van der Waals surface area (Å²) in [6, 6.07) is 17.4. The van der Waals surface area contributed by atoms with Gasteiger partial charge in [-0.2, -0.15) is 0 Å². The van der Waals surface area contributed by atoms with Gasteiger partial charge in [-0.3, -0.25) is 0 Å². The molecule has 1 unspecified atom stereocenters. The minimum absolute atomic E-state index is 0.254. The molecule has 20 heavy (non-hydrogen) atoms. The lowest BCUT2D eigenvalue weighted by Crippen LogP contribution is -2.21. The van der Waals surface area contributed by atoms with Gasteiger partial charge in [0.2, 0.25) is 0 Å². The van der Waals surface area contributed by atoms with Gasteiger partial charge >= 0.3 is 0 Å². The summed E-state index contributed by atoms with van der Waals surface area (Å²) < 4.78 is 1.17. The monoisotopic (exact) mass is 349 g/mol. The fraction of sp³-hybridized carbons (Fsp3) is 0.294. The van der Waals surface area contributed by atoms with Gasteiger partial charge < -0.3 is 5.73 Å². The molecule has 0 amide bonds. The number of thioether (sulfide) groups is 1. The molecule has 0 aromatic heterocycles. The molecule has 0 saturated heterocycles. The minimum atomic E-state index is 0.254. The molecule has 0 bridgehead atoms. The van der Waals surface area contributed by atoms with Gasteiger partial charge in [0.1, 0.15) is 0 Å². The van der Waals surface area contributed by atoms with E-state index in [4.69, 9.17) is 5.73 Å². The van der Waals surface area contributed by atoms with Crippen LogP contribution < -0.4 is 5.73 Å². The van der Waals surface area contributed by atoms with Crippen molar-refractivity contribution in [1.82, 2.24) is 0 Å². The van der Waals surface area contributed by atoms with Crippen molar-refractivity contribution in [3.8, 4) is 0 Å². The summed E-state index contributed by atoms with van der Waals surface area (Å²) in [5, 5.41) is 0. The van der Waals surface area contributed by atoms with E-state index in [1.54, 1.807) is 0 Å². The Kier molecular flexibility index (Phi) is 6.14. The van der Waals surface area contributed by atoms with E-state index in [1.807, 2.05) is 11.8 Å².